The van der Waals surface area contributed by atoms with E-state index in [1.165, 1.54) is 43.2 Å². The van der Waals surface area contributed by atoms with Gasteiger partial charge in [-0.15, -0.1) is 15.3 Å². The van der Waals surface area contributed by atoms with Gasteiger partial charge in [0.15, 0.2) is 0 Å². The average Bonchev–Trinajstić information content (AvgIpc) is 3.24. The van der Waals surface area contributed by atoms with Crippen molar-refractivity contribution in [3.05, 3.63) is 97.2 Å². The zero-order valence-electron chi connectivity index (χ0n) is 14.6. The summed E-state index contributed by atoms with van der Waals surface area (Å²) in [6, 6.07) is 32.6. The maximum absolute atomic E-state index is 4.04. The third-order valence-corrected chi connectivity index (χ3v) is 9.45. The molecule has 4 aromatic carbocycles. The molecule has 0 unspecified atom stereocenters. The molecule has 5 rings (SSSR count). The second-order valence-electron chi connectivity index (χ2n) is 6.64. The van der Waals surface area contributed by atoms with Gasteiger partial charge in [-0.05, 0) is 38.8 Å². The molecule has 1 nitrogen and oxygen atoms in total. The largest absolute Gasteiger partial charge is 0.361 e. The molecule has 0 bridgehead atoms. The summed E-state index contributed by atoms with van der Waals surface area (Å²) >= 11 is 4.04. The lowest BCUT2D eigenvalue weighted by Gasteiger charge is -2.16. The van der Waals surface area contributed by atoms with Crippen LogP contribution in [0, 0.1) is 0 Å². The molecule has 0 saturated carbocycles. The molecule has 27 heavy (non-hydrogen) atoms. The Kier molecular flexibility index (Phi) is 4.19. The van der Waals surface area contributed by atoms with Crippen LogP contribution in [0.1, 0.15) is 0 Å². The van der Waals surface area contributed by atoms with Gasteiger partial charge in [0.05, 0.1) is 5.52 Å². The molecule has 0 fully saturated rings. The summed E-state index contributed by atoms with van der Waals surface area (Å²) in [4.78, 5) is 3.48. The van der Waals surface area contributed by atoms with Crippen LogP contribution in [0.15, 0.2) is 97.2 Å². The molecule has 0 aliphatic rings. The molecule has 0 spiro atoms. The highest BCUT2D eigenvalue weighted by Crippen LogP contribution is 2.33. The van der Waals surface area contributed by atoms with E-state index in [0.29, 0.717) is 0 Å². The quantitative estimate of drug-likeness (QED) is 0.290. The van der Waals surface area contributed by atoms with E-state index in [4.69, 9.17) is 0 Å². The smallest absolute Gasteiger partial charge is 0.204 e. The van der Waals surface area contributed by atoms with Crippen LogP contribution < -0.4 is 10.4 Å². The Morgan fingerprint density at radius 2 is 1.41 bits per heavy atom. The highest BCUT2D eigenvalue weighted by molar-refractivity contribution is 9.25. The molecule has 1 heterocycles. The van der Waals surface area contributed by atoms with Crippen LogP contribution in [0.5, 0.6) is 0 Å². The standard InChI is InChI=1S/C24H17BrNSi/c25-27(18-9-2-1-3-10-18)23-13-7-6-12-20(23)22-16-17-8-4-5-11-19(17)21-14-15-26-24(21)22/h1-16,26H. The predicted molar refractivity (Wildman–Crippen MR) is 122 cm³/mol. The highest BCUT2D eigenvalue weighted by Gasteiger charge is 2.19. The van der Waals surface area contributed by atoms with Crippen LogP contribution in [-0.4, -0.2) is 12.4 Å². The van der Waals surface area contributed by atoms with Crippen LogP contribution in [-0.2, 0) is 0 Å². The molecule has 0 saturated heterocycles. The third kappa shape index (κ3) is 2.84. The van der Waals surface area contributed by atoms with Crippen molar-refractivity contribution in [2.24, 2.45) is 0 Å². The molecule has 1 N–H and O–H groups in total. The topological polar surface area (TPSA) is 15.8 Å². The summed E-state index contributed by atoms with van der Waals surface area (Å²) < 4.78 is 0. The highest BCUT2D eigenvalue weighted by atomic mass is 79.9. The van der Waals surface area contributed by atoms with Crippen LogP contribution in [0.25, 0.3) is 32.8 Å². The Bertz CT molecular complexity index is 1240. The minimum Gasteiger partial charge on any atom is -0.361 e. The Labute approximate surface area is 167 Å². The fraction of sp³-hybridized carbons (Fsp3) is 0. The van der Waals surface area contributed by atoms with E-state index in [-0.39, 0.29) is 0 Å². The third-order valence-electron chi connectivity index (χ3n) is 5.05. The number of rotatable bonds is 3. The fourth-order valence-corrected chi connectivity index (χ4v) is 7.10. The van der Waals surface area contributed by atoms with Gasteiger partial charge in [0.1, 0.15) is 0 Å². The van der Waals surface area contributed by atoms with Crippen molar-refractivity contribution in [3.8, 4) is 11.1 Å². The van der Waals surface area contributed by atoms with Crippen molar-refractivity contribution >= 4 is 54.8 Å². The first-order chi connectivity index (χ1) is 13.3. The van der Waals surface area contributed by atoms with E-state index in [0.717, 1.165) is 0 Å². The van der Waals surface area contributed by atoms with Gasteiger partial charge in [0.25, 0.3) is 0 Å². The van der Waals surface area contributed by atoms with Gasteiger partial charge in [-0.25, -0.2) is 0 Å². The predicted octanol–water partition coefficient (Wildman–Crippen LogP) is 5.49. The van der Waals surface area contributed by atoms with E-state index in [1.54, 1.807) is 0 Å². The molecule has 3 heteroatoms. The number of aromatic amines is 1. The van der Waals surface area contributed by atoms with Crippen LogP contribution in [0.4, 0.5) is 0 Å². The molecule has 5 aromatic rings. The number of nitrogens with one attached hydrogen (secondary N) is 1. The first-order valence-corrected chi connectivity index (χ1v) is 12.7. The van der Waals surface area contributed by atoms with E-state index in [1.807, 2.05) is 6.20 Å². The Hall–Kier alpha value is -2.62. The fourth-order valence-electron chi connectivity index (χ4n) is 3.77. The molecule has 129 valence electrons. The van der Waals surface area contributed by atoms with Gasteiger partial charge >= 0.3 is 0 Å². The second-order valence-corrected chi connectivity index (χ2v) is 10.8. The SMILES string of the molecule is Br[Si](c1ccccc1)c1ccccc1-c1cc2ccccc2c2cc[nH]c12. The number of aromatic nitrogens is 1. The Morgan fingerprint density at radius 3 is 2.30 bits per heavy atom. The maximum Gasteiger partial charge on any atom is 0.204 e. The van der Waals surface area contributed by atoms with E-state index in [2.05, 4.69) is 111 Å². The zero-order chi connectivity index (χ0) is 18.2. The Morgan fingerprint density at radius 1 is 0.667 bits per heavy atom. The summed E-state index contributed by atoms with van der Waals surface area (Å²) in [6.45, 7) is 0. The van der Waals surface area contributed by atoms with Crippen molar-refractivity contribution in [1.29, 1.82) is 0 Å². The number of fused-ring (bicyclic) bond motifs is 3. The van der Waals surface area contributed by atoms with Crippen LogP contribution in [0.3, 0.4) is 0 Å². The lowest BCUT2D eigenvalue weighted by Crippen LogP contribution is -2.37. The van der Waals surface area contributed by atoms with Crippen molar-refractivity contribution in [1.82, 2.24) is 4.98 Å². The van der Waals surface area contributed by atoms with Crippen molar-refractivity contribution in [3.63, 3.8) is 0 Å². The summed E-state index contributed by atoms with van der Waals surface area (Å²) in [5.41, 5.74) is 3.77. The van der Waals surface area contributed by atoms with Crippen LogP contribution in [0.2, 0.25) is 0 Å². The Balaban J connectivity index is 1.77. The van der Waals surface area contributed by atoms with Gasteiger partial charge in [-0.3, -0.25) is 0 Å². The first-order valence-electron chi connectivity index (χ1n) is 8.99. The molecule has 0 aliphatic heterocycles. The number of hydrogen-bond donors (Lipinski definition) is 1. The molecule has 0 atom stereocenters. The van der Waals surface area contributed by atoms with Crippen LogP contribution >= 0.6 is 15.3 Å². The number of benzene rings is 4. The van der Waals surface area contributed by atoms with E-state index >= 15 is 0 Å². The van der Waals surface area contributed by atoms with Gasteiger partial charge < -0.3 is 4.98 Å². The van der Waals surface area contributed by atoms with Crippen molar-refractivity contribution in [2.75, 3.05) is 0 Å². The lowest BCUT2D eigenvalue weighted by molar-refractivity contribution is 1.48. The van der Waals surface area contributed by atoms with Crippen molar-refractivity contribution < 1.29 is 0 Å². The molecule has 1 radical (unpaired) electrons. The number of halogens is 1. The summed E-state index contributed by atoms with van der Waals surface area (Å²) in [5.74, 6) is 0. The zero-order valence-corrected chi connectivity index (χ0v) is 17.2. The summed E-state index contributed by atoms with van der Waals surface area (Å²) in [7, 11) is -1.03. The van der Waals surface area contributed by atoms with E-state index < -0.39 is 7.42 Å². The van der Waals surface area contributed by atoms with E-state index in [9.17, 15) is 0 Å². The van der Waals surface area contributed by atoms with Gasteiger partial charge in [0.2, 0.25) is 7.42 Å². The minimum absolute atomic E-state index is 1.03. The van der Waals surface area contributed by atoms with Crippen molar-refractivity contribution in [2.45, 2.75) is 0 Å². The molecule has 0 amide bonds. The second kappa shape index (κ2) is 6.84. The molecule has 0 aliphatic carbocycles. The van der Waals surface area contributed by atoms with Gasteiger partial charge in [-0.2, -0.15) is 0 Å². The number of H-pyrrole nitrogens is 1. The number of hydrogen-bond acceptors (Lipinski definition) is 0. The maximum atomic E-state index is 4.04. The molecular formula is C24H17BrNSi. The average molecular weight is 427 g/mol. The normalized spacial score (nSPS) is 11.5. The lowest BCUT2D eigenvalue weighted by atomic mass is 9.97. The molecular weight excluding hydrogens is 410 g/mol. The van der Waals surface area contributed by atoms with Gasteiger partial charge in [0, 0.05) is 17.1 Å². The first kappa shape index (κ1) is 16.5. The molecule has 1 aromatic heterocycles. The van der Waals surface area contributed by atoms with Gasteiger partial charge in [-0.1, -0.05) is 78.9 Å². The minimum atomic E-state index is -1.03. The summed E-state index contributed by atoms with van der Waals surface area (Å²) in [6.07, 6.45) is 2.04. The monoisotopic (exact) mass is 426 g/mol. The summed E-state index contributed by atoms with van der Waals surface area (Å²) in [5, 5.41) is 6.58.